The Hall–Kier alpha value is 4.22. The Morgan fingerprint density at radius 3 is 1.00 bits per heavy atom. The molecule has 0 aliphatic heterocycles. The molecule has 0 aromatic carbocycles. The van der Waals surface area contributed by atoms with Gasteiger partial charge in [-0.3, -0.25) is 18.2 Å². The Bertz CT molecular complexity index is 308. The summed E-state index contributed by atoms with van der Waals surface area (Å²) < 4.78 is 23.7. The fourth-order valence-corrected chi connectivity index (χ4v) is 11.7. The van der Waals surface area contributed by atoms with Gasteiger partial charge in [-0.15, -0.1) is 0 Å². The maximum Gasteiger partial charge on any atom is 0.330 e. The molecule has 0 aromatic rings. The zero-order valence-electron chi connectivity index (χ0n) is 6.55. The molecule has 0 aromatic heterocycles. The van der Waals surface area contributed by atoms with Gasteiger partial charge in [0.05, 0.1) is 0 Å². The molecule has 98 valence electrons. The molecule has 0 saturated carbocycles. The monoisotopic (exact) mass is 781 g/mol. The Labute approximate surface area is 157 Å². The van der Waals surface area contributed by atoms with E-state index in [1.807, 2.05) is 0 Å². The summed E-state index contributed by atoms with van der Waals surface area (Å²) in [4.78, 5) is 0. The van der Waals surface area contributed by atoms with Crippen molar-refractivity contribution in [1.29, 1.82) is 0 Å². The van der Waals surface area contributed by atoms with Crippen LogP contribution in [0.1, 0.15) is 0 Å². The van der Waals surface area contributed by atoms with Crippen molar-refractivity contribution in [1.82, 2.24) is 0 Å². The van der Waals surface area contributed by atoms with E-state index in [-0.39, 0.29) is 0 Å². The van der Waals surface area contributed by atoms with Gasteiger partial charge in [0.25, 0.3) is 0 Å². The van der Waals surface area contributed by atoms with Crippen LogP contribution in [0.5, 0.6) is 0 Å². The van der Waals surface area contributed by atoms with Crippen molar-refractivity contribution >= 4 is 135 Å². The van der Waals surface area contributed by atoms with Crippen molar-refractivity contribution in [2.24, 2.45) is 0 Å². The van der Waals surface area contributed by atoms with Crippen molar-refractivity contribution in [2.45, 2.75) is 6.84 Å². The third-order valence-electron chi connectivity index (χ3n) is 0.781. The minimum atomic E-state index is -3.18. The summed E-state index contributed by atoms with van der Waals surface area (Å²) in [5.41, 5.74) is 0. The predicted molar refractivity (Wildman–Crippen MR) is 94.3 cm³/mol. The van der Waals surface area contributed by atoms with E-state index in [2.05, 4.69) is 126 Å². The molecule has 0 aliphatic carbocycles. The summed E-state index contributed by atoms with van der Waals surface area (Å²) in [5.74, 6) is 0. The minimum Gasteiger partial charge on any atom is -0.279 e. The molecule has 0 amide bonds. The van der Waals surface area contributed by atoms with Crippen molar-refractivity contribution in [3.05, 3.63) is 0 Å². The largest absolute Gasteiger partial charge is 0.330 e. The lowest BCUT2D eigenvalue weighted by Crippen LogP contribution is -2.36. The van der Waals surface area contributed by atoms with Gasteiger partial charge in [0.15, 0.2) is 0 Å². The average molecular weight is 789 g/mol. The van der Waals surface area contributed by atoms with Crippen LogP contribution in [-0.2, 0) is 18.2 Å². The van der Waals surface area contributed by atoms with E-state index >= 15 is 0 Å². The quantitative estimate of drug-likeness (QED) is 0.212. The van der Waals surface area contributed by atoms with E-state index in [0.717, 1.165) is 0 Å². The second-order valence-electron chi connectivity index (χ2n) is 2.05. The average Bonchev–Trinajstić information content (AvgIpc) is 1.72. The third kappa shape index (κ3) is 8.49. The van der Waals surface area contributed by atoms with Crippen LogP contribution in [0.3, 0.4) is 0 Å². The van der Waals surface area contributed by atoms with Crippen LogP contribution in [0, 0.1) is 0 Å². The van der Waals surface area contributed by atoms with Crippen LogP contribution in [0.2, 0.25) is 0 Å². The highest BCUT2D eigenvalue weighted by molar-refractivity contribution is 9.70. The van der Waals surface area contributed by atoms with Gasteiger partial charge >= 0.3 is 9.55 Å². The standard InChI is InChI=1S/C2Br8O4P2/c3-1(4,13-15(7,8)11)2(5,6)14-16(9,10)12. The molecule has 0 bridgehead atoms. The number of halogens is 8. The van der Waals surface area contributed by atoms with Gasteiger partial charge in [-0.25, -0.2) is 0 Å². The molecule has 0 atom stereocenters. The van der Waals surface area contributed by atoms with E-state index < -0.39 is 16.4 Å². The molecule has 0 aliphatic rings. The maximum absolute atomic E-state index is 11.4. The second-order valence-corrected chi connectivity index (χ2v) is 27.6. The van der Waals surface area contributed by atoms with E-state index in [1.54, 1.807) is 0 Å². The first-order chi connectivity index (χ1) is 6.66. The molecular formula is C2Br8O4P2. The Balaban J connectivity index is 4.99. The van der Waals surface area contributed by atoms with Crippen LogP contribution in [0.15, 0.2) is 0 Å². The molecule has 14 heteroatoms. The first kappa shape index (κ1) is 20.2. The maximum atomic E-state index is 11.4. The minimum absolute atomic E-state index is 1.47. The Morgan fingerprint density at radius 2 is 0.875 bits per heavy atom. The zero-order chi connectivity index (χ0) is 13.4. The number of alkyl halides is 4. The molecule has 16 heavy (non-hydrogen) atoms. The van der Waals surface area contributed by atoms with Gasteiger partial charge in [-0.1, -0.05) is 0 Å². The van der Waals surface area contributed by atoms with Gasteiger partial charge in [-0.05, 0) is 63.7 Å². The molecule has 0 rings (SSSR count). The number of hydrogen-bond acceptors (Lipinski definition) is 4. The molecule has 0 saturated heterocycles. The van der Waals surface area contributed by atoms with E-state index in [0.29, 0.717) is 0 Å². The summed E-state index contributed by atoms with van der Waals surface area (Å²) >= 11 is 23.4. The van der Waals surface area contributed by atoms with E-state index in [4.69, 9.17) is 9.05 Å². The van der Waals surface area contributed by atoms with Crippen molar-refractivity contribution in [3.8, 4) is 0 Å². The lowest BCUT2D eigenvalue weighted by atomic mass is 10.8. The van der Waals surface area contributed by atoms with Crippen molar-refractivity contribution < 1.29 is 18.2 Å². The van der Waals surface area contributed by atoms with Crippen LogP contribution >= 0.6 is 135 Å². The van der Waals surface area contributed by atoms with Gasteiger partial charge in [-0.2, -0.15) is 0 Å². The molecule has 0 spiro atoms. The van der Waals surface area contributed by atoms with Crippen LogP contribution < -0.4 is 0 Å². The number of rotatable bonds is 5. The van der Waals surface area contributed by atoms with Gasteiger partial charge in [0.1, 0.15) is 0 Å². The van der Waals surface area contributed by atoms with Gasteiger partial charge in [0.2, 0.25) is 6.84 Å². The summed E-state index contributed by atoms with van der Waals surface area (Å²) in [7, 11) is 0. The molecule has 4 nitrogen and oxygen atoms in total. The Morgan fingerprint density at radius 1 is 0.688 bits per heavy atom. The molecule has 0 unspecified atom stereocenters. The lowest BCUT2D eigenvalue weighted by Gasteiger charge is -2.33. The Kier molecular flexibility index (Phi) is 8.83. The predicted octanol–water partition coefficient (Wildman–Crippen LogP) is 7.70. The smallest absolute Gasteiger partial charge is 0.279 e. The van der Waals surface area contributed by atoms with Gasteiger partial charge in [0, 0.05) is 62.0 Å². The molecule has 0 heterocycles. The first-order valence-electron chi connectivity index (χ1n) is 2.82. The van der Waals surface area contributed by atoms with Crippen molar-refractivity contribution in [2.75, 3.05) is 0 Å². The van der Waals surface area contributed by atoms with E-state index in [1.165, 1.54) is 0 Å². The fraction of sp³-hybridized carbons (Fsp3) is 1.00. The molecular weight excluding hydrogens is 789 g/mol. The van der Waals surface area contributed by atoms with Gasteiger partial charge < -0.3 is 0 Å². The lowest BCUT2D eigenvalue weighted by molar-refractivity contribution is 0.161. The highest BCUT2D eigenvalue weighted by atomic mass is 79.9. The summed E-state index contributed by atoms with van der Waals surface area (Å²) in [6.07, 6.45) is 0. The number of hydrogen-bond donors (Lipinski definition) is 0. The first-order valence-corrected chi connectivity index (χ1v) is 17.3. The highest BCUT2D eigenvalue weighted by Gasteiger charge is 2.53. The summed E-state index contributed by atoms with van der Waals surface area (Å²) in [6.45, 7) is 0. The molecule has 0 N–H and O–H groups in total. The van der Waals surface area contributed by atoms with Crippen LogP contribution in [0.25, 0.3) is 0 Å². The van der Waals surface area contributed by atoms with Crippen LogP contribution in [0.4, 0.5) is 0 Å². The molecule has 0 fully saturated rings. The third-order valence-corrected chi connectivity index (χ3v) is 9.50. The zero-order valence-corrected chi connectivity index (χ0v) is 21.0. The summed E-state index contributed by atoms with van der Waals surface area (Å²) in [6, 6.07) is 0. The second kappa shape index (κ2) is 6.99. The van der Waals surface area contributed by atoms with Crippen LogP contribution in [-0.4, -0.2) is 6.84 Å². The molecule has 0 radical (unpaired) electrons. The topological polar surface area (TPSA) is 52.6 Å². The summed E-state index contributed by atoms with van der Waals surface area (Å²) in [5, 5.41) is 0. The van der Waals surface area contributed by atoms with E-state index in [9.17, 15) is 9.13 Å². The van der Waals surface area contributed by atoms with Crippen molar-refractivity contribution in [3.63, 3.8) is 0 Å². The normalized spacial score (nSPS) is 15.2. The highest BCUT2D eigenvalue weighted by Crippen LogP contribution is 2.73. The SMILES string of the molecule is O=P(Br)(Br)OC(Br)(Br)C(Br)(Br)OP(=O)(Br)Br. The fourth-order valence-electron chi connectivity index (χ4n) is 0.373.